The minimum absolute atomic E-state index is 0.312. The van der Waals surface area contributed by atoms with E-state index in [4.69, 9.17) is 5.11 Å². The highest BCUT2D eigenvalue weighted by Gasteiger charge is 2.62. The first-order valence-corrected chi connectivity index (χ1v) is 12.6. The molecular weight excluding hydrogens is 363 g/mol. The van der Waals surface area contributed by atoms with Gasteiger partial charge in [-0.15, -0.1) is 0 Å². The highest BCUT2D eigenvalue weighted by Crippen LogP contribution is 2.69. The summed E-state index contributed by atoms with van der Waals surface area (Å²) in [5.74, 6) is 4.23. The molecule has 166 valence electrons. The molecule has 0 bridgehead atoms. The normalized spacial score (nSPS) is 50.3. The van der Waals surface area contributed by atoms with Gasteiger partial charge in [-0.3, -0.25) is 4.79 Å². The molecule has 3 heteroatoms. The molecule has 0 radical (unpaired) electrons. The maximum Gasteiger partial charge on any atom is 0.303 e. The Labute approximate surface area is 177 Å². The smallest absolute Gasteiger partial charge is 0.303 e. The van der Waals surface area contributed by atoms with Gasteiger partial charge in [0.15, 0.2) is 0 Å². The molecule has 0 aromatic carbocycles. The number of hydrogen-bond acceptors (Lipinski definition) is 1. The first-order chi connectivity index (χ1) is 13.7. The number of halogens is 1. The fourth-order valence-electron chi connectivity index (χ4n) is 9.43. The number of carboxylic acid groups (broad SMARTS) is 1. The number of alkyl halides is 1. The van der Waals surface area contributed by atoms with Crippen molar-refractivity contribution in [2.24, 2.45) is 52.3 Å². The number of rotatable bonds is 5. The summed E-state index contributed by atoms with van der Waals surface area (Å²) in [6.07, 6.45) is 11.0. The monoisotopic (exact) mass is 406 g/mol. The highest BCUT2D eigenvalue weighted by molar-refractivity contribution is 5.66. The molecule has 4 saturated carbocycles. The summed E-state index contributed by atoms with van der Waals surface area (Å²) in [7, 11) is 0. The molecule has 0 saturated heterocycles. The molecule has 0 heterocycles. The summed E-state index contributed by atoms with van der Waals surface area (Å²) in [4.78, 5) is 11.1. The Kier molecular flexibility index (Phi) is 5.84. The Bertz CT molecular complexity index is 620. The first-order valence-electron chi connectivity index (χ1n) is 12.6. The zero-order valence-corrected chi connectivity index (χ0v) is 19.1. The van der Waals surface area contributed by atoms with Gasteiger partial charge in [0, 0.05) is 6.42 Å². The van der Waals surface area contributed by atoms with Crippen molar-refractivity contribution >= 4 is 5.97 Å². The molecule has 0 aromatic rings. The fourth-order valence-corrected chi connectivity index (χ4v) is 9.43. The van der Waals surface area contributed by atoms with Gasteiger partial charge in [-0.1, -0.05) is 34.1 Å². The number of aliphatic carboxylic acids is 1. The van der Waals surface area contributed by atoms with Crippen LogP contribution in [0.1, 0.15) is 98.3 Å². The minimum Gasteiger partial charge on any atom is -0.481 e. The maximum absolute atomic E-state index is 14.4. The van der Waals surface area contributed by atoms with Gasteiger partial charge >= 0.3 is 5.97 Å². The van der Waals surface area contributed by atoms with Gasteiger partial charge in [0.05, 0.1) is 0 Å². The molecule has 0 aromatic heterocycles. The van der Waals surface area contributed by atoms with Crippen molar-refractivity contribution in [1.82, 2.24) is 0 Å². The van der Waals surface area contributed by atoms with E-state index in [1.54, 1.807) is 0 Å². The number of carboxylic acids is 1. The zero-order chi connectivity index (χ0) is 21.0. The van der Waals surface area contributed by atoms with E-state index < -0.39 is 12.1 Å². The maximum atomic E-state index is 14.4. The van der Waals surface area contributed by atoms with Crippen molar-refractivity contribution in [1.29, 1.82) is 0 Å². The SMILES string of the molecule is CC[C@H]1CC2C3CCC(C(C)CCC(=O)O)C3(C)CC[C@@H]2C2(C)CCC(F)CC12. The van der Waals surface area contributed by atoms with E-state index in [-0.39, 0.29) is 0 Å². The second-order valence-corrected chi connectivity index (χ2v) is 11.9. The Morgan fingerprint density at radius 2 is 1.72 bits per heavy atom. The highest BCUT2D eigenvalue weighted by atomic mass is 19.1. The number of hydrogen-bond donors (Lipinski definition) is 1. The van der Waals surface area contributed by atoms with E-state index in [1.165, 1.54) is 38.5 Å². The molecule has 0 aliphatic heterocycles. The largest absolute Gasteiger partial charge is 0.481 e. The quantitative estimate of drug-likeness (QED) is 0.528. The van der Waals surface area contributed by atoms with Crippen LogP contribution in [0.2, 0.25) is 0 Å². The predicted octanol–water partition coefficient (Wildman–Crippen LogP) is 7.12. The van der Waals surface area contributed by atoms with E-state index in [2.05, 4.69) is 27.7 Å². The summed E-state index contributed by atoms with van der Waals surface area (Å²) in [6.45, 7) is 9.73. The van der Waals surface area contributed by atoms with Crippen LogP contribution in [-0.2, 0) is 4.79 Å². The molecule has 4 fully saturated rings. The molecule has 4 aliphatic carbocycles. The van der Waals surface area contributed by atoms with Gasteiger partial charge in [-0.2, -0.15) is 0 Å². The second-order valence-electron chi connectivity index (χ2n) is 11.9. The Morgan fingerprint density at radius 3 is 2.41 bits per heavy atom. The Morgan fingerprint density at radius 1 is 1.03 bits per heavy atom. The minimum atomic E-state index is -0.652. The summed E-state index contributed by atoms with van der Waals surface area (Å²) in [6, 6.07) is 0. The van der Waals surface area contributed by atoms with Crippen LogP contribution < -0.4 is 0 Å². The summed E-state index contributed by atoms with van der Waals surface area (Å²) in [5.41, 5.74) is 0.735. The molecule has 1 N–H and O–H groups in total. The van der Waals surface area contributed by atoms with E-state index in [9.17, 15) is 9.18 Å². The number of carbonyl (C=O) groups is 1. The van der Waals surface area contributed by atoms with Crippen molar-refractivity contribution in [3.05, 3.63) is 0 Å². The third kappa shape index (κ3) is 3.47. The van der Waals surface area contributed by atoms with Gasteiger partial charge in [0.1, 0.15) is 6.17 Å². The van der Waals surface area contributed by atoms with Crippen LogP contribution in [-0.4, -0.2) is 17.2 Å². The fraction of sp³-hybridized carbons (Fsp3) is 0.962. The predicted molar refractivity (Wildman–Crippen MR) is 115 cm³/mol. The van der Waals surface area contributed by atoms with Crippen LogP contribution in [0.3, 0.4) is 0 Å². The van der Waals surface area contributed by atoms with Crippen LogP contribution >= 0.6 is 0 Å². The molecule has 0 spiro atoms. The van der Waals surface area contributed by atoms with Gasteiger partial charge < -0.3 is 5.11 Å². The van der Waals surface area contributed by atoms with Crippen LogP contribution in [0.5, 0.6) is 0 Å². The summed E-state index contributed by atoms with van der Waals surface area (Å²) in [5, 5.41) is 9.14. The molecule has 0 amide bonds. The van der Waals surface area contributed by atoms with E-state index >= 15 is 0 Å². The molecule has 4 rings (SSSR count). The third-order valence-electron chi connectivity index (χ3n) is 10.9. The lowest BCUT2D eigenvalue weighted by atomic mass is 9.42. The molecule has 4 aliphatic rings. The molecule has 29 heavy (non-hydrogen) atoms. The zero-order valence-electron chi connectivity index (χ0n) is 19.1. The topological polar surface area (TPSA) is 37.3 Å². The third-order valence-corrected chi connectivity index (χ3v) is 10.9. The van der Waals surface area contributed by atoms with Crippen molar-refractivity contribution < 1.29 is 14.3 Å². The average molecular weight is 407 g/mol. The lowest BCUT2D eigenvalue weighted by molar-refractivity contribution is -0.147. The second kappa shape index (κ2) is 7.83. The van der Waals surface area contributed by atoms with Crippen LogP contribution in [0, 0.1) is 52.3 Å². The summed E-state index contributed by atoms with van der Waals surface area (Å²) >= 11 is 0. The van der Waals surface area contributed by atoms with Gasteiger partial charge in [-0.25, -0.2) is 4.39 Å². The Hall–Kier alpha value is -0.600. The Balaban J connectivity index is 1.57. The van der Waals surface area contributed by atoms with E-state index in [1.807, 2.05) is 0 Å². The van der Waals surface area contributed by atoms with Crippen LogP contribution in [0.25, 0.3) is 0 Å². The first kappa shape index (κ1) is 21.6. The average Bonchev–Trinajstić information content (AvgIpc) is 3.03. The molecule has 8 unspecified atom stereocenters. The van der Waals surface area contributed by atoms with E-state index in [0.29, 0.717) is 40.9 Å². The lowest BCUT2D eigenvalue weighted by Gasteiger charge is -2.63. The van der Waals surface area contributed by atoms with Gasteiger partial charge in [0.2, 0.25) is 0 Å². The molecule has 10 atom stereocenters. The van der Waals surface area contributed by atoms with Crippen molar-refractivity contribution in [2.45, 2.75) is 104 Å². The summed E-state index contributed by atoms with van der Waals surface area (Å²) < 4.78 is 14.4. The lowest BCUT2D eigenvalue weighted by Crippen LogP contribution is -2.56. The van der Waals surface area contributed by atoms with Crippen LogP contribution in [0.15, 0.2) is 0 Å². The number of fused-ring (bicyclic) bond motifs is 5. The van der Waals surface area contributed by atoms with Crippen molar-refractivity contribution in [2.75, 3.05) is 0 Å². The van der Waals surface area contributed by atoms with Crippen molar-refractivity contribution in [3.63, 3.8) is 0 Å². The van der Waals surface area contributed by atoms with E-state index in [0.717, 1.165) is 43.4 Å². The van der Waals surface area contributed by atoms with Gasteiger partial charge in [-0.05, 0) is 110 Å². The van der Waals surface area contributed by atoms with Crippen LogP contribution in [0.4, 0.5) is 4.39 Å². The molecular formula is C26H43FO2. The van der Waals surface area contributed by atoms with Gasteiger partial charge in [0.25, 0.3) is 0 Å². The van der Waals surface area contributed by atoms with Crippen molar-refractivity contribution in [3.8, 4) is 0 Å². The standard InChI is InChI=1S/C26H43FO2/c1-5-17-14-19-21-8-7-20(16(2)6-9-24(28)29)25(21,3)13-11-22(19)26(4)12-10-18(27)15-23(17)26/h16-23H,5-15H2,1-4H3,(H,28,29)/t16?,17-,18?,19?,20?,21?,22-,23?,25?,26?/m0/s1. The molecule has 2 nitrogen and oxygen atoms in total.